The normalized spacial score (nSPS) is 10.2. The second kappa shape index (κ2) is 8.93. The van der Waals surface area contributed by atoms with Gasteiger partial charge in [0.2, 0.25) is 5.91 Å². The van der Waals surface area contributed by atoms with Crippen LogP contribution >= 0.6 is 0 Å². The second-order valence-corrected chi connectivity index (χ2v) is 4.39. The van der Waals surface area contributed by atoms with E-state index in [9.17, 15) is 9.59 Å². The standard InChI is InChI=1S/C14H19NO6/c16-8-10-5-11(9-17)7-12(6-10)21-4-3-15-13(18)1-2-14(19)20/h5-7,16-17H,1-4,8-9H2,(H,15,18)(H,19,20). The Labute approximate surface area is 122 Å². The molecule has 1 aromatic rings. The molecular formula is C14H19NO6. The van der Waals surface area contributed by atoms with Crippen LogP contribution in [0.15, 0.2) is 18.2 Å². The summed E-state index contributed by atoms with van der Waals surface area (Å²) >= 11 is 0. The van der Waals surface area contributed by atoms with Gasteiger partial charge in [-0.1, -0.05) is 6.07 Å². The monoisotopic (exact) mass is 297 g/mol. The van der Waals surface area contributed by atoms with Gasteiger partial charge >= 0.3 is 5.97 Å². The third kappa shape index (κ3) is 6.73. The van der Waals surface area contributed by atoms with Crippen LogP contribution in [-0.2, 0) is 22.8 Å². The first-order valence-corrected chi connectivity index (χ1v) is 6.51. The zero-order valence-electron chi connectivity index (χ0n) is 11.5. The molecule has 0 saturated heterocycles. The smallest absolute Gasteiger partial charge is 0.303 e. The minimum atomic E-state index is -1.02. The Hall–Kier alpha value is -2.12. The number of carboxylic acid groups (broad SMARTS) is 1. The van der Waals surface area contributed by atoms with Crippen LogP contribution in [-0.4, -0.2) is 40.3 Å². The molecule has 7 nitrogen and oxygen atoms in total. The Morgan fingerprint density at radius 3 is 2.19 bits per heavy atom. The molecule has 0 spiro atoms. The molecule has 21 heavy (non-hydrogen) atoms. The van der Waals surface area contributed by atoms with Crippen LogP contribution in [0.3, 0.4) is 0 Å². The molecule has 4 N–H and O–H groups in total. The number of aliphatic carboxylic acids is 1. The Balaban J connectivity index is 2.35. The molecule has 0 unspecified atom stereocenters. The van der Waals surface area contributed by atoms with Gasteiger partial charge in [-0.3, -0.25) is 9.59 Å². The Morgan fingerprint density at radius 2 is 1.67 bits per heavy atom. The van der Waals surface area contributed by atoms with E-state index in [-0.39, 0.29) is 45.1 Å². The number of carbonyl (C=O) groups is 2. The van der Waals surface area contributed by atoms with Gasteiger partial charge in [-0.05, 0) is 23.3 Å². The summed E-state index contributed by atoms with van der Waals surface area (Å²) in [7, 11) is 0. The molecule has 0 aliphatic rings. The minimum Gasteiger partial charge on any atom is -0.492 e. The van der Waals surface area contributed by atoms with Gasteiger partial charge in [-0.2, -0.15) is 0 Å². The van der Waals surface area contributed by atoms with E-state index in [1.165, 1.54) is 0 Å². The highest BCUT2D eigenvalue weighted by Crippen LogP contribution is 2.17. The van der Waals surface area contributed by atoms with Crippen molar-refractivity contribution in [1.82, 2.24) is 5.32 Å². The highest BCUT2D eigenvalue weighted by molar-refractivity contribution is 5.80. The van der Waals surface area contributed by atoms with E-state index in [0.29, 0.717) is 16.9 Å². The summed E-state index contributed by atoms with van der Waals surface area (Å²) in [4.78, 5) is 21.6. The first-order valence-electron chi connectivity index (χ1n) is 6.51. The number of carbonyl (C=O) groups excluding carboxylic acids is 1. The lowest BCUT2D eigenvalue weighted by Gasteiger charge is -2.10. The number of aliphatic hydroxyl groups is 2. The molecule has 0 aliphatic carbocycles. The van der Waals surface area contributed by atoms with Crippen LogP contribution in [0, 0.1) is 0 Å². The fourth-order valence-electron chi connectivity index (χ4n) is 1.66. The van der Waals surface area contributed by atoms with Crippen LogP contribution in [0.4, 0.5) is 0 Å². The zero-order valence-corrected chi connectivity index (χ0v) is 11.5. The number of ether oxygens (including phenoxy) is 1. The Kier molecular flexibility index (Phi) is 7.20. The van der Waals surface area contributed by atoms with E-state index >= 15 is 0 Å². The first kappa shape index (κ1) is 16.9. The maximum atomic E-state index is 11.3. The van der Waals surface area contributed by atoms with E-state index < -0.39 is 5.97 Å². The highest BCUT2D eigenvalue weighted by atomic mass is 16.5. The largest absolute Gasteiger partial charge is 0.492 e. The molecule has 0 aromatic heterocycles. The van der Waals surface area contributed by atoms with Gasteiger partial charge < -0.3 is 25.4 Å². The molecule has 1 aromatic carbocycles. The van der Waals surface area contributed by atoms with Crippen LogP contribution in [0.1, 0.15) is 24.0 Å². The van der Waals surface area contributed by atoms with Crippen molar-refractivity contribution in [3.63, 3.8) is 0 Å². The van der Waals surface area contributed by atoms with E-state index in [1.54, 1.807) is 18.2 Å². The van der Waals surface area contributed by atoms with Crippen LogP contribution < -0.4 is 10.1 Å². The third-order valence-corrected chi connectivity index (χ3v) is 2.65. The topological polar surface area (TPSA) is 116 Å². The summed E-state index contributed by atoms with van der Waals surface area (Å²) in [6.07, 6.45) is -0.269. The molecule has 1 amide bonds. The third-order valence-electron chi connectivity index (χ3n) is 2.65. The summed E-state index contributed by atoms with van der Waals surface area (Å²) < 4.78 is 5.41. The second-order valence-electron chi connectivity index (χ2n) is 4.39. The van der Waals surface area contributed by atoms with Crippen LogP contribution in [0.2, 0.25) is 0 Å². The average Bonchev–Trinajstić information content (AvgIpc) is 2.49. The molecule has 0 bridgehead atoms. The number of nitrogens with one attached hydrogen (secondary N) is 1. The maximum absolute atomic E-state index is 11.3. The number of rotatable bonds is 9. The van der Waals surface area contributed by atoms with Gasteiger partial charge in [-0.15, -0.1) is 0 Å². The van der Waals surface area contributed by atoms with Gasteiger partial charge in [0.25, 0.3) is 0 Å². The zero-order chi connectivity index (χ0) is 15.7. The van der Waals surface area contributed by atoms with Gasteiger partial charge in [0.05, 0.1) is 26.2 Å². The maximum Gasteiger partial charge on any atom is 0.303 e. The van der Waals surface area contributed by atoms with Gasteiger partial charge in [-0.25, -0.2) is 0 Å². The van der Waals surface area contributed by atoms with Crippen molar-refractivity contribution in [3.05, 3.63) is 29.3 Å². The van der Waals surface area contributed by atoms with Gasteiger partial charge in [0.15, 0.2) is 0 Å². The number of carboxylic acids is 1. The SMILES string of the molecule is O=C(O)CCC(=O)NCCOc1cc(CO)cc(CO)c1. The first-order chi connectivity index (χ1) is 10.0. The molecule has 0 saturated carbocycles. The fraction of sp³-hybridized carbons (Fsp3) is 0.429. The number of benzene rings is 1. The minimum absolute atomic E-state index is 0.0655. The summed E-state index contributed by atoms with van der Waals surface area (Å²) in [5.41, 5.74) is 1.25. The lowest BCUT2D eigenvalue weighted by atomic mass is 10.1. The molecule has 1 rings (SSSR count). The van der Waals surface area contributed by atoms with Crippen LogP contribution in [0.25, 0.3) is 0 Å². The van der Waals surface area contributed by atoms with Crippen molar-refractivity contribution in [1.29, 1.82) is 0 Å². The molecule has 7 heteroatoms. The Bertz CT molecular complexity index is 466. The predicted octanol–water partition coefficient (Wildman–Crippen LogP) is 0.0310. The van der Waals surface area contributed by atoms with E-state index in [2.05, 4.69) is 5.32 Å². The number of amides is 1. The summed E-state index contributed by atoms with van der Waals surface area (Å²) in [6.45, 7) is 0.140. The molecule has 0 fully saturated rings. The fourth-order valence-corrected chi connectivity index (χ4v) is 1.66. The number of aliphatic hydroxyl groups excluding tert-OH is 2. The van der Waals surface area contributed by atoms with Crippen molar-refractivity contribution in [2.45, 2.75) is 26.1 Å². The van der Waals surface area contributed by atoms with Crippen molar-refractivity contribution in [3.8, 4) is 5.75 Å². The molecule has 0 aliphatic heterocycles. The number of hydrogen-bond acceptors (Lipinski definition) is 5. The van der Waals surface area contributed by atoms with Crippen LogP contribution in [0.5, 0.6) is 5.75 Å². The quantitative estimate of drug-likeness (QED) is 0.478. The van der Waals surface area contributed by atoms with Crippen molar-refractivity contribution < 1.29 is 29.6 Å². The molecule has 116 valence electrons. The summed E-state index contributed by atoms with van der Waals surface area (Å²) in [5.74, 6) is -0.870. The van der Waals surface area contributed by atoms with Crippen molar-refractivity contribution >= 4 is 11.9 Å². The van der Waals surface area contributed by atoms with E-state index in [0.717, 1.165) is 0 Å². The van der Waals surface area contributed by atoms with Gasteiger partial charge in [0.1, 0.15) is 12.4 Å². The average molecular weight is 297 g/mol. The van der Waals surface area contributed by atoms with E-state index in [4.69, 9.17) is 20.1 Å². The molecule has 0 heterocycles. The lowest BCUT2D eigenvalue weighted by molar-refractivity contribution is -0.138. The molecule has 0 atom stereocenters. The highest BCUT2D eigenvalue weighted by Gasteiger charge is 2.05. The van der Waals surface area contributed by atoms with E-state index in [1.807, 2.05) is 0 Å². The van der Waals surface area contributed by atoms with Crippen molar-refractivity contribution in [2.75, 3.05) is 13.2 Å². The molecular weight excluding hydrogens is 278 g/mol. The van der Waals surface area contributed by atoms with Gasteiger partial charge in [0, 0.05) is 6.42 Å². The van der Waals surface area contributed by atoms with Crippen molar-refractivity contribution in [2.24, 2.45) is 0 Å². The molecule has 0 radical (unpaired) electrons. The summed E-state index contributed by atoms with van der Waals surface area (Å²) in [5, 5.41) is 29.2. The summed E-state index contributed by atoms with van der Waals surface area (Å²) in [6, 6.07) is 4.96. The number of hydrogen-bond donors (Lipinski definition) is 4. The Morgan fingerprint density at radius 1 is 1.05 bits per heavy atom. The predicted molar refractivity (Wildman–Crippen MR) is 73.7 cm³/mol. The lowest BCUT2D eigenvalue weighted by Crippen LogP contribution is -2.28.